The molecule has 0 bridgehead atoms. The van der Waals surface area contributed by atoms with Gasteiger partial charge in [-0.3, -0.25) is 4.79 Å². The zero-order valence-electron chi connectivity index (χ0n) is 8.39. The topological polar surface area (TPSA) is 91.1 Å². The molecular weight excluding hydrogens is 196 g/mol. The highest BCUT2D eigenvalue weighted by molar-refractivity contribution is 5.78. The van der Waals surface area contributed by atoms with Crippen LogP contribution in [0.4, 0.5) is 5.95 Å². The third kappa shape index (κ3) is 2.07. The summed E-state index contributed by atoms with van der Waals surface area (Å²) in [6.07, 6.45) is 1.48. The molecular formula is C8H14N6O. The minimum Gasteiger partial charge on any atom is -0.338 e. The Morgan fingerprint density at radius 3 is 2.73 bits per heavy atom. The molecule has 1 aromatic rings. The number of amides is 1. The van der Waals surface area contributed by atoms with E-state index in [4.69, 9.17) is 5.73 Å². The van der Waals surface area contributed by atoms with Crippen LogP contribution in [0.5, 0.6) is 0 Å². The quantitative estimate of drug-likeness (QED) is 0.614. The number of hydrogen-bond donors (Lipinski definition) is 2. The zero-order chi connectivity index (χ0) is 10.7. The lowest BCUT2D eigenvalue weighted by Gasteiger charge is -2.34. The lowest BCUT2D eigenvalue weighted by molar-refractivity contribution is -0.129. The number of H-pyrrole nitrogens is 1. The van der Waals surface area contributed by atoms with Crippen LogP contribution in [0.2, 0.25) is 0 Å². The molecule has 7 nitrogen and oxygen atoms in total. The molecule has 1 aliphatic heterocycles. The number of hydrogen-bond acceptors (Lipinski definition) is 5. The van der Waals surface area contributed by atoms with Crippen molar-refractivity contribution in [2.45, 2.75) is 0 Å². The highest BCUT2D eigenvalue weighted by Gasteiger charge is 2.21. The molecule has 1 aromatic heterocycles. The number of carbonyl (C=O) groups excluding carboxylic acids is 1. The van der Waals surface area contributed by atoms with Gasteiger partial charge < -0.3 is 15.5 Å². The van der Waals surface area contributed by atoms with Gasteiger partial charge in [0, 0.05) is 26.2 Å². The minimum atomic E-state index is 0.00669. The predicted molar refractivity (Wildman–Crippen MR) is 54.2 cm³/mol. The van der Waals surface area contributed by atoms with Crippen LogP contribution in [0.25, 0.3) is 0 Å². The number of aromatic nitrogens is 3. The molecule has 0 radical (unpaired) electrons. The number of rotatable bonds is 2. The van der Waals surface area contributed by atoms with Crippen LogP contribution < -0.4 is 10.6 Å². The zero-order valence-corrected chi connectivity index (χ0v) is 8.39. The standard InChI is InChI=1S/C8H14N6O/c9-5-7(15)13-1-3-14(4-2-13)8-10-6-11-12-8/h6H,1-5,9H2,(H,10,11,12). The van der Waals surface area contributed by atoms with Gasteiger partial charge in [-0.1, -0.05) is 0 Å². The van der Waals surface area contributed by atoms with Crippen molar-refractivity contribution in [1.29, 1.82) is 0 Å². The molecule has 0 aliphatic carbocycles. The van der Waals surface area contributed by atoms with E-state index < -0.39 is 0 Å². The van der Waals surface area contributed by atoms with Crippen LogP contribution in [0.3, 0.4) is 0 Å². The van der Waals surface area contributed by atoms with Gasteiger partial charge in [-0.2, -0.15) is 10.1 Å². The van der Waals surface area contributed by atoms with Crippen molar-refractivity contribution in [3.63, 3.8) is 0 Å². The Morgan fingerprint density at radius 2 is 2.20 bits per heavy atom. The number of carbonyl (C=O) groups is 1. The largest absolute Gasteiger partial charge is 0.338 e. The molecule has 1 aliphatic rings. The van der Waals surface area contributed by atoms with E-state index in [0.717, 1.165) is 19.0 Å². The van der Waals surface area contributed by atoms with E-state index in [0.29, 0.717) is 13.1 Å². The summed E-state index contributed by atoms with van der Waals surface area (Å²) in [6.45, 7) is 3.00. The highest BCUT2D eigenvalue weighted by atomic mass is 16.2. The van der Waals surface area contributed by atoms with Crippen molar-refractivity contribution in [2.75, 3.05) is 37.6 Å². The molecule has 0 atom stereocenters. The SMILES string of the molecule is NCC(=O)N1CCN(c2ncn[nH]2)CC1. The summed E-state index contributed by atoms with van der Waals surface area (Å²) in [5.41, 5.74) is 5.30. The van der Waals surface area contributed by atoms with E-state index in [9.17, 15) is 4.79 Å². The van der Waals surface area contributed by atoms with E-state index >= 15 is 0 Å². The van der Waals surface area contributed by atoms with E-state index in [-0.39, 0.29) is 12.5 Å². The first-order valence-corrected chi connectivity index (χ1v) is 4.89. The molecule has 3 N–H and O–H groups in total. The van der Waals surface area contributed by atoms with Crippen LogP contribution in [0.1, 0.15) is 0 Å². The Balaban J connectivity index is 1.90. The summed E-state index contributed by atoms with van der Waals surface area (Å²) in [5, 5.41) is 6.59. The Morgan fingerprint density at radius 1 is 1.47 bits per heavy atom. The highest BCUT2D eigenvalue weighted by Crippen LogP contribution is 2.08. The number of nitrogens with two attached hydrogens (primary N) is 1. The number of aromatic amines is 1. The molecule has 0 unspecified atom stereocenters. The molecule has 1 fully saturated rings. The summed E-state index contributed by atoms with van der Waals surface area (Å²) in [4.78, 5) is 19.2. The molecule has 0 spiro atoms. The van der Waals surface area contributed by atoms with Crippen LogP contribution in [0, 0.1) is 0 Å². The van der Waals surface area contributed by atoms with Gasteiger partial charge in [0.2, 0.25) is 11.9 Å². The average Bonchev–Trinajstić information content (AvgIpc) is 2.82. The van der Waals surface area contributed by atoms with E-state index in [1.54, 1.807) is 4.90 Å². The molecule has 0 saturated carbocycles. The van der Waals surface area contributed by atoms with E-state index in [2.05, 4.69) is 20.1 Å². The van der Waals surface area contributed by atoms with E-state index in [1.165, 1.54) is 6.33 Å². The van der Waals surface area contributed by atoms with Gasteiger partial charge in [-0.05, 0) is 0 Å². The second-order valence-corrected chi connectivity index (χ2v) is 3.38. The maximum atomic E-state index is 11.3. The van der Waals surface area contributed by atoms with Crippen LogP contribution in [-0.2, 0) is 4.79 Å². The first-order chi connectivity index (χ1) is 7.31. The first kappa shape index (κ1) is 9.91. The molecule has 1 amide bonds. The van der Waals surface area contributed by atoms with Gasteiger partial charge >= 0.3 is 0 Å². The number of nitrogens with one attached hydrogen (secondary N) is 1. The predicted octanol–water partition coefficient (Wildman–Crippen LogP) is -1.59. The fraction of sp³-hybridized carbons (Fsp3) is 0.625. The second kappa shape index (κ2) is 4.26. The van der Waals surface area contributed by atoms with Crippen molar-refractivity contribution in [3.05, 3.63) is 6.33 Å². The van der Waals surface area contributed by atoms with Crippen LogP contribution >= 0.6 is 0 Å². The van der Waals surface area contributed by atoms with Crippen molar-refractivity contribution in [2.24, 2.45) is 5.73 Å². The van der Waals surface area contributed by atoms with Gasteiger partial charge in [0.05, 0.1) is 6.54 Å². The second-order valence-electron chi connectivity index (χ2n) is 3.38. The van der Waals surface area contributed by atoms with Gasteiger partial charge in [0.15, 0.2) is 0 Å². The van der Waals surface area contributed by atoms with Crippen molar-refractivity contribution >= 4 is 11.9 Å². The summed E-state index contributed by atoms with van der Waals surface area (Å²) in [7, 11) is 0. The fourth-order valence-corrected chi connectivity index (χ4v) is 1.65. The Bertz CT molecular complexity index is 316. The number of anilines is 1. The molecule has 82 valence electrons. The minimum absolute atomic E-state index is 0.00669. The smallest absolute Gasteiger partial charge is 0.236 e. The van der Waals surface area contributed by atoms with Gasteiger partial charge in [-0.25, -0.2) is 5.10 Å². The summed E-state index contributed by atoms with van der Waals surface area (Å²) in [5.74, 6) is 0.766. The fourth-order valence-electron chi connectivity index (χ4n) is 1.65. The maximum absolute atomic E-state index is 11.3. The monoisotopic (exact) mass is 210 g/mol. The summed E-state index contributed by atoms with van der Waals surface area (Å²) in [6, 6.07) is 0. The summed E-state index contributed by atoms with van der Waals surface area (Å²) < 4.78 is 0. The Hall–Kier alpha value is -1.63. The lowest BCUT2D eigenvalue weighted by atomic mass is 10.3. The lowest BCUT2D eigenvalue weighted by Crippen LogP contribution is -2.50. The van der Waals surface area contributed by atoms with Gasteiger partial charge in [-0.15, -0.1) is 0 Å². The van der Waals surface area contributed by atoms with Crippen molar-refractivity contribution in [3.8, 4) is 0 Å². The maximum Gasteiger partial charge on any atom is 0.236 e. The Kier molecular flexibility index (Phi) is 2.82. The van der Waals surface area contributed by atoms with Crippen LogP contribution in [0.15, 0.2) is 6.33 Å². The molecule has 2 rings (SSSR count). The molecule has 2 heterocycles. The van der Waals surface area contributed by atoms with Crippen molar-refractivity contribution in [1.82, 2.24) is 20.1 Å². The Labute approximate surface area is 87.3 Å². The molecule has 7 heteroatoms. The van der Waals surface area contributed by atoms with Gasteiger partial charge in [0.1, 0.15) is 6.33 Å². The third-order valence-corrected chi connectivity index (χ3v) is 2.51. The normalized spacial score (nSPS) is 16.9. The first-order valence-electron chi connectivity index (χ1n) is 4.89. The summed E-state index contributed by atoms with van der Waals surface area (Å²) >= 11 is 0. The molecule has 0 aromatic carbocycles. The third-order valence-electron chi connectivity index (χ3n) is 2.51. The number of nitrogens with zero attached hydrogens (tertiary/aromatic N) is 4. The van der Waals surface area contributed by atoms with Crippen LogP contribution in [-0.4, -0.2) is 58.7 Å². The average molecular weight is 210 g/mol. The number of piperazine rings is 1. The van der Waals surface area contributed by atoms with Gasteiger partial charge in [0.25, 0.3) is 0 Å². The van der Waals surface area contributed by atoms with Crippen molar-refractivity contribution < 1.29 is 4.79 Å². The van der Waals surface area contributed by atoms with E-state index in [1.807, 2.05) is 0 Å². The molecule has 15 heavy (non-hydrogen) atoms. The molecule has 1 saturated heterocycles.